The highest BCUT2D eigenvalue weighted by Crippen LogP contribution is 2.21. The minimum atomic E-state index is 0.740. The van der Waals surface area contributed by atoms with Gasteiger partial charge in [0.2, 0.25) is 4.80 Å². The van der Waals surface area contributed by atoms with Crippen molar-refractivity contribution in [3.05, 3.63) is 68.2 Å². The minimum absolute atomic E-state index is 0.740. The van der Waals surface area contributed by atoms with Crippen LogP contribution in [0.15, 0.2) is 45.8 Å². The normalized spacial score (nSPS) is 12.4. The van der Waals surface area contributed by atoms with Crippen molar-refractivity contribution in [3.63, 3.8) is 0 Å². The molecule has 0 fully saturated rings. The van der Waals surface area contributed by atoms with Crippen LogP contribution < -0.4 is 4.80 Å². The highest BCUT2D eigenvalue weighted by atomic mass is 35.5. The van der Waals surface area contributed by atoms with Gasteiger partial charge in [0.25, 0.3) is 0 Å². The lowest BCUT2D eigenvalue weighted by molar-refractivity contribution is 0.793. The molecule has 0 bridgehead atoms. The number of rotatable bonds is 4. The Morgan fingerprint density at radius 3 is 2.52 bits per heavy atom. The van der Waals surface area contributed by atoms with Crippen molar-refractivity contribution in [2.45, 2.75) is 27.7 Å². The molecule has 1 aromatic carbocycles. The first-order valence-corrected chi connectivity index (χ1v) is 9.44. The molecule has 0 aliphatic rings. The molecule has 0 atom stereocenters. The second-order valence-corrected chi connectivity index (χ2v) is 7.10. The van der Waals surface area contributed by atoms with Crippen molar-refractivity contribution in [2.75, 3.05) is 6.54 Å². The topological polar surface area (TPSA) is 34.6 Å². The molecule has 0 unspecified atom stereocenters. The summed E-state index contributed by atoms with van der Waals surface area (Å²) in [5, 5.41) is 7.46. The summed E-state index contributed by atoms with van der Waals surface area (Å²) in [6, 6.07) is 10.0. The van der Waals surface area contributed by atoms with Crippen molar-refractivity contribution in [2.24, 2.45) is 10.1 Å². The molecule has 0 N–H and O–H groups in total. The summed E-state index contributed by atoms with van der Waals surface area (Å²) in [6.45, 7) is 9.02. The molecular weight excluding hydrogens is 352 g/mol. The Morgan fingerprint density at radius 2 is 1.84 bits per heavy atom. The number of thiazole rings is 1. The number of halogens is 1. The summed E-state index contributed by atoms with van der Waals surface area (Å²) in [5.41, 5.74) is 5.57. The van der Waals surface area contributed by atoms with Crippen LogP contribution in [-0.2, 0) is 0 Å². The molecule has 0 spiro atoms. The number of hydrogen-bond donors (Lipinski definition) is 0. The molecule has 3 rings (SSSR count). The summed E-state index contributed by atoms with van der Waals surface area (Å²) in [4.78, 5) is 5.41. The molecule has 6 heteroatoms. The monoisotopic (exact) mass is 372 g/mol. The van der Waals surface area contributed by atoms with E-state index in [1.54, 1.807) is 11.3 Å². The zero-order chi connectivity index (χ0) is 18.0. The van der Waals surface area contributed by atoms with Gasteiger partial charge in [0.1, 0.15) is 0 Å². The van der Waals surface area contributed by atoms with E-state index in [0.717, 1.165) is 44.7 Å². The molecule has 0 aliphatic heterocycles. The van der Waals surface area contributed by atoms with Crippen molar-refractivity contribution < 1.29 is 0 Å². The van der Waals surface area contributed by atoms with Crippen LogP contribution in [0.5, 0.6) is 0 Å². The maximum Gasteiger partial charge on any atom is 0.205 e. The van der Waals surface area contributed by atoms with Gasteiger partial charge in [-0.1, -0.05) is 11.6 Å². The minimum Gasteiger partial charge on any atom is -0.318 e. The zero-order valence-corrected chi connectivity index (χ0v) is 16.4. The molecule has 0 aliphatic carbocycles. The molecule has 0 saturated heterocycles. The summed E-state index contributed by atoms with van der Waals surface area (Å²) < 4.78 is 4.10. The first-order valence-electron chi connectivity index (χ1n) is 8.18. The molecular formula is C19H21ClN4S. The van der Waals surface area contributed by atoms with E-state index < -0.39 is 0 Å². The van der Waals surface area contributed by atoms with E-state index in [9.17, 15) is 0 Å². The second kappa shape index (κ2) is 7.42. The van der Waals surface area contributed by atoms with E-state index >= 15 is 0 Å². The number of hydrogen-bond acceptors (Lipinski definition) is 3. The zero-order valence-electron chi connectivity index (χ0n) is 14.8. The second-order valence-electron chi connectivity index (χ2n) is 5.83. The van der Waals surface area contributed by atoms with E-state index in [2.05, 4.69) is 40.0 Å². The summed E-state index contributed by atoms with van der Waals surface area (Å²) in [5.74, 6) is 0. The number of aromatic nitrogens is 2. The van der Waals surface area contributed by atoms with E-state index in [-0.39, 0.29) is 0 Å². The quantitative estimate of drug-likeness (QED) is 0.594. The Morgan fingerprint density at radius 1 is 1.12 bits per heavy atom. The van der Waals surface area contributed by atoms with Gasteiger partial charge in [0.05, 0.1) is 11.9 Å². The fourth-order valence-corrected chi connectivity index (χ4v) is 3.79. The van der Waals surface area contributed by atoms with E-state index in [4.69, 9.17) is 11.6 Å². The van der Waals surface area contributed by atoms with Gasteiger partial charge in [-0.2, -0.15) is 5.10 Å². The lowest BCUT2D eigenvalue weighted by atomic mass is 10.2. The fourth-order valence-electron chi connectivity index (χ4n) is 2.79. The Balaban J connectivity index is 2.00. The van der Waals surface area contributed by atoms with Gasteiger partial charge in [-0.25, -0.2) is 4.68 Å². The SMILES string of the molecule is CCN=c1scc(C)n1N=Cc1cc(C)n(-c2ccc(Cl)cc2)c1C. The summed E-state index contributed by atoms with van der Waals surface area (Å²) in [7, 11) is 0. The summed E-state index contributed by atoms with van der Waals surface area (Å²) in [6.07, 6.45) is 1.91. The largest absolute Gasteiger partial charge is 0.318 e. The van der Waals surface area contributed by atoms with Crippen LogP contribution >= 0.6 is 22.9 Å². The molecule has 25 heavy (non-hydrogen) atoms. The van der Waals surface area contributed by atoms with Gasteiger partial charge in [0, 0.05) is 39.6 Å². The molecule has 0 saturated carbocycles. The van der Waals surface area contributed by atoms with Crippen LogP contribution in [0.4, 0.5) is 0 Å². The van der Waals surface area contributed by atoms with Crippen LogP contribution in [0.2, 0.25) is 5.02 Å². The lowest BCUT2D eigenvalue weighted by Crippen LogP contribution is -2.12. The predicted molar refractivity (Wildman–Crippen MR) is 106 cm³/mol. The van der Waals surface area contributed by atoms with E-state index in [1.807, 2.05) is 49.0 Å². The predicted octanol–water partition coefficient (Wildman–Crippen LogP) is 4.72. The van der Waals surface area contributed by atoms with Crippen LogP contribution in [0, 0.1) is 20.8 Å². The third-order valence-corrected chi connectivity index (χ3v) is 5.23. The van der Waals surface area contributed by atoms with Crippen molar-refractivity contribution in [3.8, 4) is 5.69 Å². The van der Waals surface area contributed by atoms with Crippen LogP contribution in [0.25, 0.3) is 5.69 Å². The number of nitrogens with zero attached hydrogens (tertiary/aromatic N) is 4. The van der Waals surface area contributed by atoms with Gasteiger partial charge < -0.3 is 4.57 Å². The standard InChI is InChI=1S/C19H21ClN4S/c1-5-21-19-24(14(3)12-25-19)22-11-16-10-13(2)23(15(16)4)18-8-6-17(20)7-9-18/h6-12H,5H2,1-4H3. The molecule has 0 amide bonds. The molecule has 130 valence electrons. The fraction of sp³-hybridized carbons (Fsp3) is 0.263. The van der Waals surface area contributed by atoms with Crippen LogP contribution in [0.1, 0.15) is 29.6 Å². The smallest absolute Gasteiger partial charge is 0.205 e. The average molecular weight is 373 g/mol. The molecule has 4 nitrogen and oxygen atoms in total. The van der Waals surface area contributed by atoms with Crippen molar-refractivity contribution in [1.29, 1.82) is 0 Å². The van der Waals surface area contributed by atoms with Gasteiger partial charge in [0.15, 0.2) is 0 Å². The molecule has 2 heterocycles. The van der Waals surface area contributed by atoms with Gasteiger partial charge in [-0.15, -0.1) is 11.3 Å². The maximum atomic E-state index is 6.00. The Kier molecular flexibility index (Phi) is 5.25. The highest BCUT2D eigenvalue weighted by molar-refractivity contribution is 7.07. The van der Waals surface area contributed by atoms with E-state index in [1.165, 1.54) is 0 Å². The van der Waals surface area contributed by atoms with Crippen LogP contribution in [-0.4, -0.2) is 22.0 Å². The summed E-state index contributed by atoms with van der Waals surface area (Å²) >= 11 is 7.62. The Hall–Kier alpha value is -2.11. The third-order valence-electron chi connectivity index (χ3n) is 4.01. The first kappa shape index (κ1) is 17.7. The Labute approximate surface area is 156 Å². The number of aryl methyl sites for hydroxylation is 2. The van der Waals surface area contributed by atoms with Gasteiger partial charge >= 0.3 is 0 Å². The average Bonchev–Trinajstić information content (AvgIpc) is 3.07. The lowest BCUT2D eigenvalue weighted by Gasteiger charge is -2.09. The van der Waals surface area contributed by atoms with Gasteiger partial charge in [-0.05, 0) is 58.0 Å². The van der Waals surface area contributed by atoms with Gasteiger partial charge in [-0.3, -0.25) is 4.99 Å². The van der Waals surface area contributed by atoms with E-state index in [0.29, 0.717) is 0 Å². The first-order chi connectivity index (χ1) is 12.0. The van der Waals surface area contributed by atoms with Crippen LogP contribution in [0.3, 0.4) is 0 Å². The molecule has 3 aromatic rings. The Bertz CT molecular complexity index is 974. The maximum absolute atomic E-state index is 6.00. The number of benzene rings is 1. The third kappa shape index (κ3) is 3.62. The van der Waals surface area contributed by atoms with Crippen molar-refractivity contribution in [1.82, 2.24) is 9.24 Å². The molecule has 2 aromatic heterocycles. The highest BCUT2D eigenvalue weighted by Gasteiger charge is 2.09. The molecule has 0 radical (unpaired) electrons. The van der Waals surface area contributed by atoms with Crippen molar-refractivity contribution >= 4 is 29.2 Å².